The number of benzene rings is 2. The second kappa shape index (κ2) is 7.77. The Hall–Kier alpha value is -2.91. The maximum absolute atomic E-state index is 12.5. The van der Waals surface area contributed by atoms with E-state index in [9.17, 15) is 14.9 Å². The van der Waals surface area contributed by atoms with Gasteiger partial charge in [0, 0.05) is 29.4 Å². The van der Waals surface area contributed by atoms with Crippen LogP contribution in [0.2, 0.25) is 5.02 Å². The standard InChI is InChI=1S/C17H14ClN5O3S/c1-10-3-5-12(18)8-13(10)20-16(24)11-4-6-15(14(7-11)23(25)26)27-17-21-19-9-22(17)2/h3-9H,1-2H3,(H,20,24). The van der Waals surface area contributed by atoms with E-state index in [1.165, 1.54) is 24.5 Å². The third-order valence-electron chi connectivity index (χ3n) is 3.74. The Bertz CT molecular complexity index is 1040. The molecule has 0 bridgehead atoms. The minimum atomic E-state index is -0.528. The molecule has 3 rings (SSSR count). The van der Waals surface area contributed by atoms with E-state index >= 15 is 0 Å². The quantitative estimate of drug-likeness (QED) is 0.508. The first-order chi connectivity index (χ1) is 12.8. The summed E-state index contributed by atoms with van der Waals surface area (Å²) in [6.45, 7) is 1.83. The van der Waals surface area contributed by atoms with Crippen molar-refractivity contribution in [1.82, 2.24) is 14.8 Å². The molecule has 27 heavy (non-hydrogen) atoms. The van der Waals surface area contributed by atoms with Gasteiger partial charge in [-0.2, -0.15) is 0 Å². The van der Waals surface area contributed by atoms with E-state index in [1.54, 1.807) is 29.8 Å². The zero-order valence-corrected chi connectivity index (χ0v) is 15.9. The van der Waals surface area contributed by atoms with Crippen molar-refractivity contribution in [3.8, 4) is 0 Å². The average molecular weight is 404 g/mol. The van der Waals surface area contributed by atoms with Crippen LogP contribution in [0, 0.1) is 17.0 Å². The van der Waals surface area contributed by atoms with Crippen molar-refractivity contribution >= 4 is 40.6 Å². The fourth-order valence-corrected chi connectivity index (χ4v) is 3.30. The van der Waals surface area contributed by atoms with Crippen LogP contribution in [0.5, 0.6) is 0 Å². The van der Waals surface area contributed by atoms with Gasteiger partial charge in [0.05, 0.1) is 9.82 Å². The molecule has 1 heterocycles. The summed E-state index contributed by atoms with van der Waals surface area (Å²) in [6, 6.07) is 9.42. The number of nitrogens with zero attached hydrogens (tertiary/aromatic N) is 4. The number of nitro groups is 1. The molecule has 0 atom stereocenters. The molecule has 0 aliphatic carbocycles. The molecular weight excluding hydrogens is 390 g/mol. The summed E-state index contributed by atoms with van der Waals surface area (Å²) in [7, 11) is 1.74. The molecule has 1 N–H and O–H groups in total. The Labute approximate surface area is 163 Å². The lowest BCUT2D eigenvalue weighted by Crippen LogP contribution is -2.13. The van der Waals surface area contributed by atoms with Crippen molar-refractivity contribution in [2.75, 3.05) is 5.32 Å². The lowest BCUT2D eigenvalue weighted by molar-refractivity contribution is -0.387. The molecule has 0 aliphatic heterocycles. The first-order valence-corrected chi connectivity index (χ1v) is 8.92. The minimum Gasteiger partial charge on any atom is -0.322 e. The summed E-state index contributed by atoms with van der Waals surface area (Å²) in [5, 5.41) is 22.8. The summed E-state index contributed by atoms with van der Waals surface area (Å²) in [4.78, 5) is 23.8. The van der Waals surface area contributed by atoms with Crippen molar-refractivity contribution in [2.24, 2.45) is 7.05 Å². The fourth-order valence-electron chi connectivity index (χ4n) is 2.27. The topological polar surface area (TPSA) is 103 Å². The first-order valence-electron chi connectivity index (χ1n) is 7.73. The monoisotopic (exact) mass is 403 g/mol. The van der Waals surface area contributed by atoms with Gasteiger partial charge in [-0.1, -0.05) is 17.7 Å². The molecule has 0 fully saturated rings. The number of nitro benzene ring substituents is 1. The number of halogens is 1. The molecule has 0 saturated carbocycles. The van der Waals surface area contributed by atoms with Crippen molar-refractivity contribution in [3.63, 3.8) is 0 Å². The molecule has 0 spiro atoms. The van der Waals surface area contributed by atoms with Crippen LogP contribution in [0.1, 0.15) is 15.9 Å². The zero-order chi connectivity index (χ0) is 19.6. The number of aryl methyl sites for hydroxylation is 2. The Morgan fingerprint density at radius 3 is 2.74 bits per heavy atom. The van der Waals surface area contributed by atoms with Crippen molar-refractivity contribution in [1.29, 1.82) is 0 Å². The highest BCUT2D eigenvalue weighted by atomic mass is 35.5. The zero-order valence-electron chi connectivity index (χ0n) is 14.3. The lowest BCUT2D eigenvalue weighted by atomic mass is 10.1. The number of hydrogen-bond donors (Lipinski definition) is 1. The average Bonchev–Trinajstić information content (AvgIpc) is 3.03. The van der Waals surface area contributed by atoms with Gasteiger partial charge in [-0.15, -0.1) is 10.2 Å². The molecule has 3 aromatic rings. The lowest BCUT2D eigenvalue weighted by Gasteiger charge is -2.10. The van der Waals surface area contributed by atoms with Gasteiger partial charge in [0.1, 0.15) is 6.33 Å². The van der Waals surface area contributed by atoms with Crippen LogP contribution in [0.25, 0.3) is 0 Å². The summed E-state index contributed by atoms with van der Waals surface area (Å²) in [5.74, 6) is -0.460. The molecule has 0 unspecified atom stereocenters. The highest BCUT2D eigenvalue weighted by Gasteiger charge is 2.20. The van der Waals surface area contributed by atoms with E-state index in [4.69, 9.17) is 11.6 Å². The fraction of sp³-hybridized carbons (Fsp3) is 0.118. The number of carbonyl (C=O) groups excluding carboxylic acids is 1. The predicted molar refractivity (Wildman–Crippen MR) is 102 cm³/mol. The minimum absolute atomic E-state index is 0.170. The van der Waals surface area contributed by atoms with Gasteiger partial charge in [0.15, 0.2) is 5.16 Å². The van der Waals surface area contributed by atoms with E-state index in [0.29, 0.717) is 20.8 Å². The summed E-state index contributed by atoms with van der Waals surface area (Å²) in [5.41, 5.74) is 1.37. The summed E-state index contributed by atoms with van der Waals surface area (Å²) >= 11 is 7.06. The number of amides is 1. The molecule has 0 saturated heterocycles. The van der Waals surface area contributed by atoms with Crippen LogP contribution >= 0.6 is 23.4 Å². The van der Waals surface area contributed by atoms with Gasteiger partial charge < -0.3 is 9.88 Å². The van der Waals surface area contributed by atoms with Gasteiger partial charge in [-0.25, -0.2) is 0 Å². The van der Waals surface area contributed by atoms with Crippen LogP contribution in [0.4, 0.5) is 11.4 Å². The smallest absolute Gasteiger partial charge is 0.284 e. The number of anilines is 1. The third kappa shape index (κ3) is 4.26. The molecular formula is C17H14ClN5O3S. The van der Waals surface area contributed by atoms with Crippen molar-refractivity contribution < 1.29 is 9.72 Å². The van der Waals surface area contributed by atoms with Crippen LogP contribution in [0.3, 0.4) is 0 Å². The van der Waals surface area contributed by atoms with Crippen molar-refractivity contribution in [3.05, 3.63) is 69.0 Å². The maximum Gasteiger partial charge on any atom is 0.284 e. The maximum atomic E-state index is 12.5. The van der Waals surface area contributed by atoms with Gasteiger partial charge >= 0.3 is 0 Å². The molecule has 8 nitrogen and oxygen atoms in total. The largest absolute Gasteiger partial charge is 0.322 e. The highest BCUT2D eigenvalue weighted by molar-refractivity contribution is 7.99. The van der Waals surface area contributed by atoms with Crippen molar-refractivity contribution in [2.45, 2.75) is 17.0 Å². The summed E-state index contributed by atoms with van der Waals surface area (Å²) < 4.78 is 1.65. The normalized spacial score (nSPS) is 10.6. The van der Waals surface area contributed by atoms with Crippen LogP contribution in [0.15, 0.2) is 52.8 Å². The molecule has 1 amide bonds. The molecule has 2 aromatic carbocycles. The van der Waals surface area contributed by atoms with E-state index in [2.05, 4.69) is 15.5 Å². The second-order valence-electron chi connectivity index (χ2n) is 5.68. The molecule has 138 valence electrons. The second-order valence-corrected chi connectivity index (χ2v) is 7.12. The van der Waals surface area contributed by atoms with Crippen LogP contribution in [-0.2, 0) is 7.05 Å². The van der Waals surface area contributed by atoms with Crippen LogP contribution < -0.4 is 5.32 Å². The predicted octanol–water partition coefficient (Wildman–Crippen LogP) is 4.09. The molecule has 0 aliphatic rings. The highest BCUT2D eigenvalue weighted by Crippen LogP contribution is 2.34. The van der Waals surface area contributed by atoms with E-state index < -0.39 is 10.8 Å². The molecule has 0 radical (unpaired) electrons. The SMILES string of the molecule is Cc1ccc(Cl)cc1NC(=O)c1ccc(Sc2nncn2C)c([N+](=O)[O-])c1. The number of hydrogen-bond acceptors (Lipinski definition) is 6. The number of aromatic nitrogens is 3. The van der Waals surface area contributed by atoms with E-state index in [1.807, 2.05) is 6.92 Å². The molecule has 10 heteroatoms. The number of carbonyl (C=O) groups is 1. The van der Waals surface area contributed by atoms with Gasteiger partial charge in [-0.3, -0.25) is 14.9 Å². The Balaban J connectivity index is 1.89. The van der Waals surface area contributed by atoms with Gasteiger partial charge in [-0.05, 0) is 48.5 Å². The molecule has 1 aromatic heterocycles. The van der Waals surface area contributed by atoms with E-state index in [-0.39, 0.29) is 11.3 Å². The van der Waals surface area contributed by atoms with Gasteiger partial charge in [0.25, 0.3) is 11.6 Å². The number of nitrogens with one attached hydrogen (secondary N) is 1. The van der Waals surface area contributed by atoms with Gasteiger partial charge in [0.2, 0.25) is 0 Å². The van der Waals surface area contributed by atoms with Crippen LogP contribution in [-0.4, -0.2) is 25.6 Å². The Kier molecular flexibility index (Phi) is 5.43. The summed E-state index contributed by atoms with van der Waals surface area (Å²) in [6.07, 6.45) is 1.50. The third-order valence-corrected chi connectivity index (χ3v) is 5.09. The first kappa shape index (κ1) is 18.9. The Morgan fingerprint density at radius 1 is 1.30 bits per heavy atom. The van der Waals surface area contributed by atoms with E-state index in [0.717, 1.165) is 17.3 Å². The number of rotatable bonds is 5. The Morgan fingerprint density at radius 2 is 2.07 bits per heavy atom.